The first-order valence-corrected chi connectivity index (χ1v) is 11.2. The average molecular weight is 468 g/mol. The molecule has 1 aliphatic heterocycles. The van der Waals surface area contributed by atoms with Crippen LogP contribution in [0.25, 0.3) is 11.0 Å². The third-order valence-electron chi connectivity index (χ3n) is 5.10. The molecule has 1 aliphatic rings. The minimum Gasteiger partial charge on any atom is -0.492 e. The molecule has 1 amide bonds. The van der Waals surface area contributed by atoms with Crippen molar-refractivity contribution in [3.05, 3.63) is 54.3 Å². The van der Waals surface area contributed by atoms with Crippen LogP contribution in [0.4, 0.5) is 18.9 Å². The number of nitrogens with one attached hydrogen (secondary N) is 1. The molecule has 3 aromatic rings. The molecule has 1 saturated heterocycles. The molecule has 0 radical (unpaired) electrons. The first-order chi connectivity index (χ1) is 15.1. The van der Waals surface area contributed by atoms with E-state index in [0.29, 0.717) is 11.1 Å². The normalized spacial score (nSPS) is 14.9. The predicted molar refractivity (Wildman–Crippen MR) is 110 cm³/mol. The zero-order valence-corrected chi connectivity index (χ0v) is 17.7. The second-order valence-corrected chi connectivity index (χ2v) is 8.94. The molecule has 0 unspecified atom stereocenters. The van der Waals surface area contributed by atoms with E-state index in [2.05, 4.69) is 0 Å². The van der Waals surface area contributed by atoms with E-state index in [4.69, 9.17) is 9.15 Å². The number of nitrogens with zero attached hydrogens (tertiary/aromatic N) is 1. The minimum atomic E-state index is -4.23. The number of hydrogen-bond donors (Lipinski definition) is 1. The zero-order chi connectivity index (χ0) is 23.1. The number of sulfonamides is 1. The zero-order valence-electron chi connectivity index (χ0n) is 16.8. The Bertz CT molecular complexity index is 1260. The van der Waals surface area contributed by atoms with Gasteiger partial charge in [0.2, 0.25) is 0 Å². The SMILES string of the molecule is CCOc1ccccc1S(=O)(=O)NC(=O)c1cc2ccc(N3CC(C(F)(F)F)C3)cc2o1. The third kappa shape index (κ3) is 4.24. The molecule has 0 saturated carbocycles. The van der Waals surface area contributed by atoms with Crippen LogP contribution in [-0.2, 0) is 10.0 Å². The van der Waals surface area contributed by atoms with Crippen LogP contribution >= 0.6 is 0 Å². The van der Waals surface area contributed by atoms with Crippen LogP contribution in [0.5, 0.6) is 5.75 Å². The van der Waals surface area contributed by atoms with Crippen LogP contribution in [0, 0.1) is 5.92 Å². The number of para-hydroxylation sites is 1. The second-order valence-electron chi connectivity index (χ2n) is 7.29. The molecule has 1 N–H and O–H groups in total. The molecule has 2 aromatic carbocycles. The van der Waals surface area contributed by atoms with E-state index in [9.17, 15) is 26.4 Å². The lowest BCUT2D eigenvalue weighted by Crippen LogP contribution is -2.53. The van der Waals surface area contributed by atoms with Crippen molar-refractivity contribution in [1.29, 1.82) is 0 Å². The molecule has 0 atom stereocenters. The monoisotopic (exact) mass is 468 g/mol. The summed E-state index contributed by atoms with van der Waals surface area (Å²) in [6.45, 7) is 1.64. The number of carbonyl (C=O) groups excluding carboxylic acids is 1. The smallest absolute Gasteiger partial charge is 0.395 e. The Morgan fingerprint density at radius 1 is 1.19 bits per heavy atom. The maximum Gasteiger partial charge on any atom is 0.395 e. The Hall–Kier alpha value is -3.21. The first-order valence-electron chi connectivity index (χ1n) is 9.72. The number of ether oxygens (including phenoxy) is 1. The van der Waals surface area contributed by atoms with Crippen molar-refractivity contribution in [2.45, 2.75) is 18.0 Å². The van der Waals surface area contributed by atoms with E-state index in [1.165, 1.54) is 30.3 Å². The fourth-order valence-corrected chi connectivity index (χ4v) is 4.50. The van der Waals surface area contributed by atoms with E-state index in [1.807, 2.05) is 4.72 Å². The van der Waals surface area contributed by atoms with Crippen LogP contribution in [-0.4, -0.2) is 40.2 Å². The van der Waals surface area contributed by atoms with Gasteiger partial charge < -0.3 is 14.1 Å². The number of halogens is 3. The third-order valence-corrected chi connectivity index (χ3v) is 6.47. The Kier molecular flexibility index (Phi) is 5.53. The van der Waals surface area contributed by atoms with Crippen molar-refractivity contribution in [1.82, 2.24) is 4.72 Å². The average Bonchev–Trinajstić information content (AvgIpc) is 3.10. The number of rotatable bonds is 6. The molecule has 0 aliphatic carbocycles. The largest absolute Gasteiger partial charge is 0.492 e. The van der Waals surface area contributed by atoms with Crippen LogP contribution in [0.3, 0.4) is 0 Å². The molecule has 2 heterocycles. The summed E-state index contributed by atoms with van der Waals surface area (Å²) >= 11 is 0. The quantitative estimate of drug-likeness (QED) is 0.590. The summed E-state index contributed by atoms with van der Waals surface area (Å²) in [5, 5.41) is 0.513. The molecular formula is C21H19F3N2O5S. The topological polar surface area (TPSA) is 88.8 Å². The maximum absolute atomic E-state index is 12.7. The molecule has 7 nitrogen and oxygen atoms in total. The van der Waals surface area contributed by atoms with Crippen molar-refractivity contribution in [3.8, 4) is 5.75 Å². The summed E-state index contributed by atoms with van der Waals surface area (Å²) in [7, 11) is -4.23. The predicted octanol–water partition coefficient (Wildman–Crippen LogP) is 3.95. The number of anilines is 1. The van der Waals surface area contributed by atoms with Crippen molar-refractivity contribution in [3.63, 3.8) is 0 Å². The number of amides is 1. The van der Waals surface area contributed by atoms with E-state index < -0.39 is 28.0 Å². The van der Waals surface area contributed by atoms with Gasteiger partial charge >= 0.3 is 12.1 Å². The number of hydrogen-bond acceptors (Lipinski definition) is 6. The molecular weight excluding hydrogens is 449 g/mol. The maximum atomic E-state index is 12.7. The number of alkyl halides is 3. The minimum absolute atomic E-state index is 0.108. The van der Waals surface area contributed by atoms with Gasteiger partial charge in [0, 0.05) is 30.2 Å². The summed E-state index contributed by atoms with van der Waals surface area (Å²) in [5.74, 6) is -2.49. The highest BCUT2D eigenvalue weighted by Gasteiger charge is 2.47. The molecule has 0 bridgehead atoms. The molecule has 11 heteroatoms. The standard InChI is InChI=1S/C21H19F3N2O5S/c1-2-30-16-5-3-4-6-19(16)32(28,29)25-20(27)18-9-13-7-8-15(10-17(13)31-18)26-11-14(12-26)21(22,23)24/h3-10,14H,2,11-12H2,1H3,(H,25,27). The van der Waals surface area contributed by atoms with Gasteiger partial charge in [-0.3, -0.25) is 4.79 Å². The summed E-state index contributed by atoms with van der Waals surface area (Å²) in [6, 6.07) is 12.0. The highest BCUT2D eigenvalue weighted by molar-refractivity contribution is 7.90. The van der Waals surface area contributed by atoms with Crippen molar-refractivity contribution in [2.75, 3.05) is 24.6 Å². The number of furan rings is 1. The van der Waals surface area contributed by atoms with Gasteiger partial charge in [0.15, 0.2) is 5.76 Å². The molecule has 4 rings (SSSR count). The van der Waals surface area contributed by atoms with E-state index in [1.54, 1.807) is 30.0 Å². The molecule has 0 spiro atoms. The lowest BCUT2D eigenvalue weighted by molar-refractivity contribution is -0.180. The lowest BCUT2D eigenvalue weighted by Gasteiger charge is -2.41. The van der Waals surface area contributed by atoms with Gasteiger partial charge in [-0.05, 0) is 37.3 Å². The fourth-order valence-electron chi connectivity index (χ4n) is 3.40. The summed E-state index contributed by atoms with van der Waals surface area (Å²) in [5.41, 5.74) is 0.785. The second kappa shape index (κ2) is 8.05. The highest BCUT2D eigenvalue weighted by atomic mass is 32.2. The van der Waals surface area contributed by atoms with Crippen molar-refractivity contribution >= 4 is 32.6 Å². The number of fused-ring (bicyclic) bond motifs is 1. The van der Waals surface area contributed by atoms with Crippen LogP contribution in [0.2, 0.25) is 0 Å². The van der Waals surface area contributed by atoms with Gasteiger partial charge in [0.05, 0.1) is 12.5 Å². The van der Waals surface area contributed by atoms with Gasteiger partial charge in [-0.1, -0.05) is 12.1 Å². The van der Waals surface area contributed by atoms with E-state index >= 15 is 0 Å². The summed E-state index contributed by atoms with van der Waals surface area (Å²) in [6.07, 6.45) is -4.23. The Balaban J connectivity index is 1.52. The van der Waals surface area contributed by atoms with Gasteiger partial charge in [-0.15, -0.1) is 0 Å². The molecule has 1 fully saturated rings. The van der Waals surface area contributed by atoms with Crippen molar-refractivity contribution < 1.29 is 35.5 Å². The van der Waals surface area contributed by atoms with Crippen molar-refractivity contribution in [2.24, 2.45) is 5.92 Å². The Labute approximate surface area is 181 Å². The van der Waals surface area contributed by atoms with Gasteiger partial charge in [-0.2, -0.15) is 13.2 Å². The Morgan fingerprint density at radius 2 is 1.91 bits per heavy atom. The molecule has 1 aromatic heterocycles. The molecule has 170 valence electrons. The van der Waals surface area contributed by atoms with Crippen LogP contribution in [0.1, 0.15) is 17.5 Å². The summed E-state index contributed by atoms with van der Waals surface area (Å²) < 4.78 is 76.2. The van der Waals surface area contributed by atoms with Gasteiger partial charge in [0.1, 0.15) is 16.2 Å². The van der Waals surface area contributed by atoms with E-state index in [-0.39, 0.29) is 41.7 Å². The fraction of sp³-hybridized carbons (Fsp3) is 0.286. The lowest BCUT2D eigenvalue weighted by atomic mass is 9.98. The van der Waals surface area contributed by atoms with Crippen LogP contribution in [0.15, 0.2) is 57.8 Å². The highest BCUT2D eigenvalue weighted by Crippen LogP contribution is 2.37. The van der Waals surface area contributed by atoms with E-state index in [0.717, 1.165) is 0 Å². The molecule has 32 heavy (non-hydrogen) atoms. The Morgan fingerprint density at radius 3 is 2.59 bits per heavy atom. The van der Waals surface area contributed by atoms with Crippen LogP contribution < -0.4 is 14.4 Å². The number of carbonyl (C=O) groups is 1. The summed E-state index contributed by atoms with van der Waals surface area (Å²) in [4.78, 5) is 13.9. The first kappa shape index (κ1) is 22.0. The van der Waals surface area contributed by atoms with Gasteiger partial charge in [-0.25, -0.2) is 13.1 Å². The van der Waals surface area contributed by atoms with Gasteiger partial charge in [0.25, 0.3) is 10.0 Å². The number of benzene rings is 2.